The summed E-state index contributed by atoms with van der Waals surface area (Å²) in [4.78, 5) is 12.6. The predicted molar refractivity (Wildman–Crippen MR) is 108 cm³/mol. The Bertz CT molecular complexity index is 1150. The van der Waals surface area contributed by atoms with Gasteiger partial charge in [0.05, 0.1) is 21.8 Å². The zero-order valence-corrected chi connectivity index (χ0v) is 15.8. The quantitative estimate of drug-likeness (QED) is 0.719. The topological polar surface area (TPSA) is 90.3 Å². The highest BCUT2D eigenvalue weighted by Crippen LogP contribution is 2.23. The Morgan fingerprint density at radius 3 is 2.36 bits per heavy atom. The van der Waals surface area contributed by atoms with Gasteiger partial charge >= 0.3 is 0 Å². The monoisotopic (exact) mass is 391 g/mol. The summed E-state index contributed by atoms with van der Waals surface area (Å²) in [5, 5.41) is 11.8. The third-order valence-corrected chi connectivity index (χ3v) is 5.95. The standard InChI is InChI=1S/C21H17N3O3S/c1-24(18-10-3-2-4-11-18)28(26,27)19-12-7-9-16(14-19)21(25)23-20-13-6-5-8-17(20)15-22/h2-14H,1H3,(H,23,25). The summed E-state index contributed by atoms with van der Waals surface area (Å²) in [6.45, 7) is 0. The van der Waals surface area contributed by atoms with Crippen LogP contribution in [-0.4, -0.2) is 21.4 Å². The van der Waals surface area contributed by atoms with E-state index in [0.29, 0.717) is 16.9 Å². The third kappa shape index (κ3) is 3.87. The van der Waals surface area contributed by atoms with Crippen LogP contribution in [0.25, 0.3) is 0 Å². The normalized spacial score (nSPS) is 10.7. The molecule has 3 rings (SSSR count). The first-order chi connectivity index (χ1) is 13.4. The molecule has 0 aromatic heterocycles. The predicted octanol–water partition coefficient (Wildman–Crippen LogP) is 3.64. The summed E-state index contributed by atoms with van der Waals surface area (Å²) in [7, 11) is -2.37. The molecule has 0 saturated carbocycles. The van der Waals surface area contributed by atoms with Crippen molar-refractivity contribution in [2.75, 3.05) is 16.7 Å². The molecule has 0 fully saturated rings. The minimum atomic E-state index is -3.83. The number of anilines is 2. The molecule has 6 nitrogen and oxygen atoms in total. The highest BCUT2D eigenvalue weighted by molar-refractivity contribution is 7.92. The van der Waals surface area contributed by atoms with Gasteiger partial charge in [-0.15, -0.1) is 0 Å². The molecule has 1 N–H and O–H groups in total. The number of nitrogens with one attached hydrogen (secondary N) is 1. The fraction of sp³-hybridized carbons (Fsp3) is 0.0476. The van der Waals surface area contributed by atoms with Crippen molar-refractivity contribution in [3.8, 4) is 6.07 Å². The lowest BCUT2D eigenvalue weighted by Crippen LogP contribution is -2.26. The Morgan fingerprint density at radius 2 is 1.64 bits per heavy atom. The number of rotatable bonds is 5. The Labute approximate surface area is 163 Å². The minimum Gasteiger partial charge on any atom is -0.321 e. The van der Waals surface area contributed by atoms with Gasteiger partial charge in [-0.2, -0.15) is 5.26 Å². The Morgan fingerprint density at radius 1 is 0.964 bits per heavy atom. The van der Waals surface area contributed by atoms with E-state index in [9.17, 15) is 13.2 Å². The molecule has 0 aliphatic rings. The number of benzene rings is 3. The number of para-hydroxylation sites is 2. The summed E-state index contributed by atoms with van der Waals surface area (Å²) >= 11 is 0. The van der Waals surface area contributed by atoms with Crippen LogP contribution < -0.4 is 9.62 Å². The Kier molecular flexibility index (Phi) is 5.43. The molecule has 0 bridgehead atoms. The minimum absolute atomic E-state index is 0.0000661. The van der Waals surface area contributed by atoms with Crippen LogP contribution in [0.2, 0.25) is 0 Å². The molecule has 0 heterocycles. The summed E-state index contributed by atoms with van der Waals surface area (Å²) in [5.74, 6) is -0.498. The van der Waals surface area contributed by atoms with Crippen molar-refractivity contribution in [1.82, 2.24) is 0 Å². The maximum atomic E-state index is 12.9. The maximum Gasteiger partial charge on any atom is 0.264 e. The van der Waals surface area contributed by atoms with Crippen LogP contribution in [0.15, 0.2) is 83.8 Å². The van der Waals surface area contributed by atoms with Crippen LogP contribution in [-0.2, 0) is 10.0 Å². The molecule has 0 unspecified atom stereocenters. The van der Waals surface area contributed by atoms with E-state index >= 15 is 0 Å². The smallest absolute Gasteiger partial charge is 0.264 e. The lowest BCUT2D eigenvalue weighted by molar-refractivity contribution is 0.102. The molecule has 140 valence electrons. The average Bonchev–Trinajstić information content (AvgIpc) is 2.74. The molecule has 0 spiro atoms. The van der Waals surface area contributed by atoms with E-state index in [4.69, 9.17) is 5.26 Å². The molecule has 3 aromatic carbocycles. The SMILES string of the molecule is CN(c1ccccc1)S(=O)(=O)c1cccc(C(=O)Nc2ccccc2C#N)c1. The van der Waals surface area contributed by atoms with Crippen LogP contribution in [0.5, 0.6) is 0 Å². The molecule has 3 aromatic rings. The molecule has 1 amide bonds. The Hall–Kier alpha value is -3.63. The van der Waals surface area contributed by atoms with Crippen molar-refractivity contribution in [2.24, 2.45) is 0 Å². The van der Waals surface area contributed by atoms with E-state index in [-0.39, 0.29) is 10.5 Å². The van der Waals surface area contributed by atoms with Crippen molar-refractivity contribution >= 4 is 27.3 Å². The molecule has 0 aliphatic heterocycles. The zero-order chi connectivity index (χ0) is 20.1. The molecular formula is C21H17N3O3S. The van der Waals surface area contributed by atoms with Gasteiger partial charge in [0.25, 0.3) is 15.9 Å². The van der Waals surface area contributed by atoms with Gasteiger partial charge in [0.2, 0.25) is 0 Å². The van der Waals surface area contributed by atoms with E-state index in [0.717, 1.165) is 4.31 Å². The van der Waals surface area contributed by atoms with E-state index in [1.807, 2.05) is 6.07 Å². The van der Waals surface area contributed by atoms with Crippen LogP contribution >= 0.6 is 0 Å². The average molecular weight is 391 g/mol. The first-order valence-corrected chi connectivity index (χ1v) is 9.82. The summed E-state index contributed by atoms with van der Waals surface area (Å²) in [6.07, 6.45) is 0. The van der Waals surface area contributed by atoms with Crippen LogP contribution in [0.4, 0.5) is 11.4 Å². The summed E-state index contributed by atoms with van der Waals surface area (Å²) in [6, 6.07) is 23.1. The Balaban J connectivity index is 1.90. The van der Waals surface area contributed by atoms with Crippen molar-refractivity contribution in [1.29, 1.82) is 5.26 Å². The highest BCUT2D eigenvalue weighted by atomic mass is 32.2. The van der Waals surface area contributed by atoms with Crippen molar-refractivity contribution in [2.45, 2.75) is 4.90 Å². The van der Waals surface area contributed by atoms with Crippen molar-refractivity contribution < 1.29 is 13.2 Å². The number of nitriles is 1. The summed E-state index contributed by atoms with van der Waals surface area (Å²) < 4.78 is 27.0. The number of carbonyl (C=O) groups is 1. The number of nitrogens with zero attached hydrogens (tertiary/aromatic N) is 2. The second kappa shape index (κ2) is 7.94. The van der Waals surface area contributed by atoms with E-state index < -0.39 is 15.9 Å². The lowest BCUT2D eigenvalue weighted by Gasteiger charge is -2.19. The van der Waals surface area contributed by atoms with Gasteiger partial charge in [0.1, 0.15) is 6.07 Å². The number of sulfonamides is 1. The first-order valence-electron chi connectivity index (χ1n) is 8.38. The molecule has 0 radical (unpaired) electrons. The number of amides is 1. The largest absolute Gasteiger partial charge is 0.321 e. The maximum absolute atomic E-state index is 12.9. The van der Waals surface area contributed by atoms with Crippen molar-refractivity contribution in [3.05, 3.63) is 90.0 Å². The second-order valence-corrected chi connectivity index (χ2v) is 7.92. The van der Waals surface area contributed by atoms with Gasteiger partial charge in [-0.3, -0.25) is 9.10 Å². The van der Waals surface area contributed by atoms with E-state index in [1.165, 1.54) is 31.3 Å². The van der Waals surface area contributed by atoms with Gasteiger partial charge < -0.3 is 5.32 Å². The molecule has 0 atom stereocenters. The highest BCUT2D eigenvalue weighted by Gasteiger charge is 2.22. The lowest BCUT2D eigenvalue weighted by atomic mass is 10.1. The van der Waals surface area contributed by atoms with Crippen LogP contribution in [0, 0.1) is 11.3 Å². The number of hydrogen-bond acceptors (Lipinski definition) is 4. The molecule has 7 heteroatoms. The van der Waals surface area contributed by atoms with Crippen LogP contribution in [0.1, 0.15) is 15.9 Å². The molecule has 0 aliphatic carbocycles. The van der Waals surface area contributed by atoms with Gasteiger partial charge in [-0.25, -0.2) is 8.42 Å². The third-order valence-electron chi connectivity index (χ3n) is 4.17. The van der Waals surface area contributed by atoms with Gasteiger partial charge in [0.15, 0.2) is 0 Å². The van der Waals surface area contributed by atoms with Crippen molar-refractivity contribution in [3.63, 3.8) is 0 Å². The number of hydrogen-bond donors (Lipinski definition) is 1. The summed E-state index contributed by atoms with van der Waals surface area (Å²) in [5.41, 5.74) is 1.38. The number of carbonyl (C=O) groups excluding carboxylic acids is 1. The van der Waals surface area contributed by atoms with E-state index in [1.54, 1.807) is 54.6 Å². The molecule has 0 saturated heterocycles. The van der Waals surface area contributed by atoms with Gasteiger partial charge in [0, 0.05) is 12.6 Å². The zero-order valence-electron chi connectivity index (χ0n) is 15.0. The fourth-order valence-electron chi connectivity index (χ4n) is 2.62. The van der Waals surface area contributed by atoms with Crippen LogP contribution in [0.3, 0.4) is 0 Å². The van der Waals surface area contributed by atoms with Gasteiger partial charge in [-0.05, 0) is 42.5 Å². The molecular weight excluding hydrogens is 374 g/mol. The van der Waals surface area contributed by atoms with E-state index in [2.05, 4.69) is 5.32 Å². The second-order valence-electron chi connectivity index (χ2n) is 5.95. The fourth-order valence-corrected chi connectivity index (χ4v) is 3.86. The van der Waals surface area contributed by atoms with Gasteiger partial charge in [-0.1, -0.05) is 36.4 Å². The first kappa shape index (κ1) is 19.1. The molecule has 28 heavy (non-hydrogen) atoms.